The van der Waals surface area contributed by atoms with Crippen molar-refractivity contribution < 1.29 is 14.3 Å². The number of aromatic nitrogens is 3. The summed E-state index contributed by atoms with van der Waals surface area (Å²) in [6.45, 7) is 3.25. The number of hydrogen-bond acceptors (Lipinski definition) is 5. The zero-order chi connectivity index (χ0) is 23.5. The Labute approximate surface area is 199 Å². The summed E-state index contributed by atoms with van der Waals surface area (Å²) in [6.07, 6.45) is 8.74. The van der Waals surface area contributed by atoms with Gasteiger partial charge >= 0.3 is 0 Å². The maximum Gasteiger partial charge on any atom is 0.275 e. The first kappa shape index (κ1) is 22.5. The maximum atomic E-state index is 13.6. The lowest BCUT2D eigenvalue weighted by Crippen LogP contribution is -2.46. The number of carbonyl (C=O) groups excluding carboxylic acids is 2. The topological polar surface area (TPSA) is 91.4 Å². The summed E-state index contributed by atoms with van der Waals surface area (Å²) in [5.41, 5.74) is 3.18. The Morgan fingerprint density at radius 2 is 2.03 bits per heavy atom. The summed E-state index contributed by atoms with van der Waals surface area (Å²) < 4.78 is 6.27. The first-order valence-electron chi connectivity index (χ1n) is 12.1. The van der Waals surface area contributed by atoms with E-state index in [0.717, 1.165) is 47.7 Å². The normalized spacial score (nSPS) is 20.0. The van der Waals surface area contributed by atoms with Crippen molar-refractivity contribution in [3.8, 4) is 0 Å². The first-order valence-corrected chi connectivity index (χ1v) is 12.1. The van der Waals surface area contributed by atoms with E-state index in [9.17, 15) is 9.59 Å². The number of carbonyl (C=O) groups is 2. The lowest BCUT2D eigenvalue weighted by molar-refractivity contribution is -0.134. The van der Waals surface area contributed by atoms with Crippen molar-refractivity contribution >= 4 is 22.7 Å². The minimum Gasteiger partial charge on any atom is -0.370 e. The van der Waals surface area contributed by atoms with E-state index < -0.39 is 0 Å². The average molecular weight is 462 g/mol. The fourth-order valence-electron chi connectivity index (χ4n) is 5.09. The predicted molar refractivity (Wildman–Crippen MR) is 128 cm³/mol. The van der Waals surface area contributed by atoms with Gasteiger partial charge in [-0.3, -0.25) is 19.7 Å². The number of rotatable bonds is 5. The Hall–Kier alpha value is -3.26. The monoisotopic (exact) mass is 461 g/mol. The number of aryl methyl sites for hydroxylation is 1. The van der Waals surface area contributed by atoms with Crippen LogP contribution in [0.1, 0.15) is 53.7 Å². The molecule has 2 aliphatic rings. The van der Waals surface area contributed by atoms with Gasteiger partial charge in [-0.15, -0.1) is 0 Å². The molecule has 0 bridgehead atoms. The Morgan fingerprint density at radius 3 is 2.82 bits per heavy atom. The van der Waals surface area contributed by atoms with Gasteiger partial charge in [0.25, 0.3) is 5.91 Å². The van der Waals surface area contributed by atoms with Crippen molar-refractivity contribution in [2.24, 2.45) is 0 Å². The van der Waals surface area contributed by atoms with Gasteiger partial charge < -0.3 is 14.5 Å². The fourth-order valence-corrected chi connectivity index (χ4v) is 5.09. The van der Waals surface area contributed by atoms with E-state index >= 15 is 0 Å². The molecule has 1 aliphatic carbocycles. The highest BCUT2D eigenvalue weighted by molar-refractivity contribution is 6.05. The molecule has 1 aromatic carbocycles. The summed E-state index contributed by atoms with van der Waals surface area (Å²) in [5.74, 6) is -0.255. The molecular weight excluding hydrogens is 430 g/mol. The molecule has 0 radical (unpaired) electrons. The fraction of sp³-hybridized carbons (Fsp3) is 0.462. The third kappa shape index (κ3) is 4.82. The van der Waals surface area contributed by atoms with E-state index in [1.165, 1.54) is 6.42 Å². The minimum absolute atomic E-state index is 0.0104. The van der Waals surface area contributed by atoms with Gasteiger partial charge in [0.15, 0.2) is 5.69 Å². The van der Waals surface area contributed by atoms with Crippen molar-refractivity contribution in [3.63, 3.8) is 0 Å². The molecule has 178 valence electrons. The zero-order valence-corrected chi connectivity index (χ0v) is 19.6. The average Bonchev–Trinajstić information content (AvgIpc) is 3.20. The zero-order valence-electron chi connectivity index (χ0n) is 19.6. The lowest BCUT2D eigenvalue weighted by Gasteiger charge is -2.34. The van der Waals surface area contributed by atoms with Gasteiger partial charge in [0.2, 0.25) is 5.91 Å². The number of benzene rings is 1. The molecule has 2 aromatic heterocycles. The Bertz CT molecular complexity index is 1160. The summed E-state index contributed by atoms with van der Waals surface area (Å²) in [6, 6.07) is 9.92. The Balaban J connectivity index is 1.40. The highest BCUT2D eigenvalue weighted by atomic mass is 16.5. The third-order valence-corrected chi connectivity index (χ3v) is 6.90. The number of fused-ring (bicyclic) bond motifs is 1. The number of pyridine rings is 1. The number of ether oxygens (including phenoxy) is 1. The smallest absolute Gasteiger partial charge is 0.275 e. The summed E-state index contributed by atoms with van der Waals surface area (Å²) in [4.78, 5) is 34.7. The number of aromatic amines is 1. The summed E-state index contributed by atoms with van der Waals surface area (Å²) >= 11 is 0. The van der Waals surface area contributed by atoms with Crippen LogP contribution in [0.4, 0.5) is 0 Å². The maximum absolute atomic E-state index is 13.6. The molecule has 1 N–H and O–H groups in total. The van der Waals surface area contributed by atoms with Crippen LogP contribution in [0.15, 0.2) is 42.7 Å². The molecular formula is C26H31N5O3. The van der Waals surface area contributed by atoms with Crippen molar-refractivity contribution in [1.29, 1.82) is 0 Å². The number of H-pyrrole nitrogens is 1. The molecule has 8 heteroatoms. The molecule has 1 unspecified atom stereocenters. The van der Waals surface area contributed by atoms with Gasteiger partial charge in [-0.2, -0.15) is 5.10 Å². The molecule has 1 aliphatic heterocycles. The van der Waals surface area contributed by atoms with E-state index in [4.69, 9.17) is 4.74 Å². The molecule has 1 atom stereocenters. The minimum atomic E-state index is -0.288. The van der Waals surface area contributed by atoms with Crippen LogP contribution < -0.4 is 0 Å². The van der Waals surface area contributed by atoms with Crippen molar-refractivity contribution in [2.75, 3.05) is 19.6 Å². The molecule has 5 rings (SSSR count). The van der Waals surface area contributed by atoms with Crippen LogP contribution in [0.3, 0.4) is 0 Å². The van der Waals surface area contributed by atoms with Crippen LogP contribution in [0.25, 0.3) is 10.9 Å². The Kier molecular flexibility index (Phi) is 6.58. The highest BCUT2D eigenvalue weighted by Crippen LogP contribution is 2.26. The van der Waals surface area contributed by atoms with Crippen LogP contribution >= 0.6 is 0 Å². The molecule has 8 nitrogen and oxygen atoms in total. The predicted octanol–water partition coefficient (Wildman–Crippen LogP) is 3.47. The van der Waals surface area contributed by atoms with E-state index in [-0.39, 0.29) is 30.5 Å². The number of amides is 2. The van der Waals surface area contributed by atoms with Crippen LogP contribution in [0.2, 0.25) is 0 Å². The quantitative estimate of drug-likeness (QED) is 0.628. The molecule has 1 saturated heterocycles. The van der Waals surface area contributed by atoms with Crippen LogP contribution in [-0.2, 0) is 16.1 Å². The molecule has 2 fully saturated rings. The Morgan fingerprint density at radius 1 is 1.18 bits per heavy atom. The highest BCUT2D eigenvalue weighted by Gasteiger charge is 2.36. The van der Waals surface area contributed by atoms with Gasteiger partial charge in [-0.05, 0) is 43.5 Å². The number of hydrogen-bond donors (Lipinski definition) is 1. The second kappa shape index (κ2) is 9.93. The number of nitrogens with one attached hydrogen (secondary N) is 1. The second-order valence-electron chi connectivity index (χ2n) is 9.44. The molecule has 3 aromatic rings. The van der Waals surface area contributed by atoms with E-state index in [1.807, 2.05) is 42.2 Å². The van der Waals surface area contributed by atoms with Gasteiger partial charge in [0.1, 0.15) is 6.54 Å². The summed E-state index contributed by atoms with van der Waals surface area (Å²) in [7, 11) is 0. The van der Waals surface area contributed by atoms with Crippen LogP contribution in [0.5, 0.6) is 0 Å². The standard InChI is InChI=1S/C26H31N5O3/c1-18-9-10-23-22(12-18)25(29-28-23)26(33)30-14-21(34-17-19-6-5-11-27-13-19)15-31(24(32)16-30)20-7-3-2-4-8-20/h5-6,9-13,20-21H,2-4,7-8,14-17H2,1H3,(H,28,29). The second-order valence-corrected chi connectivity index (χ2v) is 9.44. The van der Waals surface area contributed by atoms with Crippen molar-refractivity contribution in [1.82, 2.24) is 25.0 Å². The summed E-state index contributed by atoms with van der Waals surface area (Å²) in [5, 5.41) is 8.03. The lowest BCUT2D eigenvalue weighted by atomic mass is 9.94. The first-order chi connectivity index (χ1) is 16.6. The van der Waals surface area contributed by atoms with E-state index in [2.05, 4.69) is 15.2 Å². The van der Waals surface area contributed by atoms with Gasteiger partial charge in [0.05, 0.1) is 18.2 Å². The molecule has 0 spiro atoms. The largest absolute Gasteiger partial charge is 0.370 e. The SMILES string of the molecule is Cc1ccc2[nH]nc(C(=O)N3CC(=O)N(C4CCCCC4)CC(OCc4cccnc4)C3)c2c1. The third-order valence-electron chi connectivity index (χ3n) is 6.90. The molecule has 1 saturated carbocycles. The van der Waals surface area contributed by atoms with Gasteiger partial charge in [-0.25, -0.2) is 0 Å². The van der Waals surface area contributed by atoms with Gasteiger partial charge in [-0.1, -0.05) is 37.0 Å². The molecule has 34 heavy (non-hydrogen) atoms. The molecule has 3 heterocycles. The molecule has 2 amide bonds. The van der Waals surface area contributed by atoms with Crippen molar-refractivity contribution in [3.05, 3.63) is 59.5 Å². The number of nitrogens with zero attached hydrogens (tertiary/aromatic N) is 4. The van der Waals surface area contributed by atoms with E-state index in [1.54, 1.807) is 17.3 Å². The van der Waals surface area contributed by atoms with Crippen molar-refractivity contribution in [2.45, 2.75) is 57.8 Å². The van der Waals surface area contributed by atoms with E-state index in [0.29, 0.717) is 25.4 Å². The van der Waals surface area contributed by atoms with Crippen LogP contribution in [-0.4, -0.2) is 68.6 Å². The van der Waals surface area contributed by atoms with Crippen LogP contribution in [0, 0.1) is 6.92 Å². The van der Waals surface area contributed by atoms with Gasteiger partial charge in [0, 0.05) is 36.9 Å².